The lowest BCUT2D eigenvalue weighted by Gasteiger charge is -2.51. The van der Waals surface area contributed by atoms with Crippen LogP contribution in [-0.4, -0.2) is 0 Å². The van der Waals surface area contributed by atoms with E-state index in [1.54, 1.807) is 0 Å². The number of hydrogen-bond donors (Lipinski definition) is 1. The molecule has 2 N–H and O–H groups in total. The summed E-state index contributed by atoms with van der Waals surface area (Å²) in [6, 6.07) is 8.61. The van der Waals surface area contributed by atoms with E-state index in [4.69, 9.17) is 5.73 Å². The quantitative estimate of drug-likeness (QED) is 0.780. The van der Waals surface area contributed by atoms with Gasteiger partial charge in [-0.2, -0.15) is 0 Å². The summed E-state index contributed by atoms with van der Waals surface area (Å²) in [4.78, 5) is 0. The Morgan fingerprint density at radius 3 is 1.89 bits per heavy atom. The monoisotopic (exact) mass is 245 g/mol. The molecule has 1 nitrogen and oxygen atoms in total. The first-order chi connectivity index (χ1) is 8.14. The lowest BCUT2D eigenvalue weighted by atomic mass is 9.57. The van der Waals surface area contributed by atoms with E-state index >= 15 is 0 Å². The van der Waals surface area contributed by atoms with Crippen LogP contribution in [0.4, 0.5) is 0 Å². The van der Waals surface area contributed by atoms with Crippen LogP contribution in [0.15, 0.2) is 24.3 Å². The lowest BCUT2D eigenvalue weighted by Crippen LogP contribution is -2.50. The number of benzene rings is 1. The molecule has 0 saturated heterocycles. The predicted octanol–water partition coefficient (Wildman–Crippen LogP) is 4.39. The molecular formula is C17H27N. The largest absolute Gasteiger partial charge is 0.321 e. The number of aryl methyl sites for hydroxylation is 1. The van der Waals surface area contributed by atoms with Crippen molar-refractivity contribution in [1.82, 2.24) is 0 Å². The van der Waals surface area contributed by atoms with Crippen LogP contribution in [0, 0.1) is 17.8 Å². The molecule has 100 valence electrons. The first kappa shape index (κ1) is 13.6. The zero-order valence-corrected chi connectivity index (χ0v) is 12.5. The van der Waals surface area contributed by atoms with Crippen LogP contribution in [0.25, 0.3) is 0 Å². The van der Waals surface area contributed by atoms with Crippen LogP contribution in [0.1, 0.15) is 58.1 Å². The van der Waals surface area contributed by atoms with Crippen molar-refractivity contribution in [2.24, 2.45) is 16.6 Å². The molecule has 0 spiro atoms. The Morgan fingerprint density at radius 2 is 1.39 bits per heavy atom. The van der Waals surface area contributed by atoms with E-state index in [1.165, 1.54) is 17.5 Å². The van der Waals surface area contributed by atoms with Gasteiger partial charge in [-0.1, -0.05) is 52.0 Å². The van der Waals surface area contributed by atoms with Crippen molar-refractivity contribution >= 4 is 0 Å². The Bertz CT molecular complexity index is 427. The molecule has 1 aliphatic rings. The van der Waals surface area contributed by atoms with Gasteiger partial charge in [-0.3, -0.25) is 0 Å². The van der Waals surface area contributed by atoms with E-state index in [1.807, 2.05) is 0 Å². The van der Waals surface area contributed by atoms with E-state index in [2.05, 4.69) is 58.9 Å². The fourth-order valence-corrected chi connectivity index (χ4v) is 4.51. The van der Waals surface area contributed by atoms with Crippen LogP contribution in [0.2, 0.25) is 0 Å². The SMILES string of the molecule is Cc1ccccc1C1(N)CC(C)(C)CC(C)(C)C1. The second-order valence-corrected chi connectivity index (χ2v) is 7.83. The summed E-state index contributed by atoms with van der Waals surface area (Å²) in [5.41, 5.74) is 9.96. The highest BCUT2D eigenvalue weighted by atomic mass is 14.8. The molecule has 0 aliphatic heterocycles. The van der Waals surface area contributed by atoms with Gasteiger partial charge in [-0.25, -0.2) is 0 Å². The van der Waals surface area contributed by atoms with Crippen molar-refractivity contribution in [2.75, 3.05) is 0 Å². The average molecular weight is 245 g/mol. The second kappa shape index (κ2) is 4.09. The molecule has 0 amide bonds. The van der Waals surface area contributed by atoms with Crippen LogP contribution < -0.4 is 5.73 Å². The fourth-order valence-electron chi connectivity index (χ4n) is 4.51. The van der Waals surface area contributed by atoms with Gasteiger partial charge in [0, 0.05) is 5.54 Å². The lowest BCUT2D eigenvalue weighted by molar-refractivity contribution is 0.0468. The van der Waals surface area contributed by atoms with Gasteiger partial charge in [0.15, 0.2) is 0 Å². The predicted molar refractivity (Wildman–Crippen MR) is 78.5 cm³/mol. The molecule has 1 fully saturated rings. The molecular weight excluding hydrogens is 218 g/mol. The van der Waals surface area contributed by atoms with Crippen LogP contribution >= 0.6 is 0 Å². The summed E-state index contributed by atoms with van der Waals surface area (Å²) >= 11 is 0. The van der Waals surface area contributed by atoms with Gasteiger partial charge in [0.1, 0.15) is 0 Å². The Balaban J connectivity index is 2.45. The van der Waals surface area contributed by atoms with Gasteiger partial charge in [-0.15, -0.1) is 0 Å². The maximum atomic E-state index is 6.83. The summed E-state index contributed by atoms with van der Waals surface area (Å²) in [5, 5.41) is 0. The number of nitrogens with two attached hydrogens (primary N) is 1. The molecule has 2 rings (SSSR count). The highest BCUT2D eigenvalue weighted by molar-refractivity contribution is 5.33. The molecule has 0 aromatic heterocycles. The third-order valence-corrected chi connectivity index (χ3v) is 4.23. The number of rotatable bonds is 1. The van der Waals surface area contributed by atoms with Crippen molar-refractivity contribution in [3.8, 4) is 0 Å². The topological polar surface area (TPSA) is 26.0 Å². The van der Waals surface area contributed by atoms with Crippen LogP contribution in [0.3, 0.4) is 0 Å². The molecule has 0 radical (unpaired) electrons. The Kier molecular flexibility index (Phi) is 3.09. The third-order valence-electron chi connectivity index (χ3n) is 4.23. The van der Waals surface area contributed by atoms with E-state index in [9.17, 15) is 0 Å². The third kappa shape index (κ3) is 2.61. The van der Waals surface area contributed by atoms with Gasteiger partial charge >= 0.3 is 0 Å². The van der Waals surface area contributed by atoms with Crippen molar-refractivity contribution < 1.29 is 0 Å². The van der Waals surface area contributed by atoms with E-state index in [0.717, 1.165) is 12.8 Å². The molecule has 0 heterocycles. The molecule has 18 heavy (non-hydrogen) atoms. The molecule has 0 unspecified atom stereocenters. The van der Waals surface area contributed by atoms with Gasteiger partial charge in [0.2, 0.25) is 0 Å². The maximum absolute atomic E-state index is 6.83. The zero-order valence-electron chi connectivity index (χ0n) is 12.5. The second-order valence-electron chi connectivity index (χ2n) is 7.83. The van der Waals surface area contributed by atoms with E-state index in [-0.39, 0.29) is 5.54 Å². The highest BCUT2D eigenvalue weighted by Crippen LogP contribution is 2.53. The normalized spacial score (nSPS) is 24.8. The van der Waals surface area contributed by atoms with E-state index in [0.29, 0.717) is 10.8 Å². The van der Waals surface area contributed by atoms with E-state index < -0.39 is 0 Å². The fraction of sp³-hybridized carbons (Fsp3) is 0.647. The minimum Gasteiger partial charge on any atom is -0.321 e. The van der Waals surface area contributed by atoms with Gasteiger partial charge in [0.05, 0.1) is 0 Å². The minimum atomic E-state index is -0.170. The Morgan fingerprint density at radius 1 is 0.889 bits per heavy atom. The van der Waals surface area contributed by atoms with Crippen LogP contribution in [-0.2, 0) is 5.54 Å². The smallest absolute Gasteiger partial charge is 0.0422 e. The van der Waals surface area contributed by atoms with Crippen LogP contribution in [0.5, 0.6) is 0 Å². The van der Waals surface area contributed by atoms with Crippen molar-refractivity contribution in [1.29, 1.82) is 0 Å². The zero-order chi connectivity index (χ0) is 13.6. The van der Waals surface area contributed by atoms with Gasteiger partial charge in [-0.05, 0) is 48.1 Å². The molecule has 0 atom stereocenters. The maximum Gasteiger partial charge on any atom is 0.0422 e. The summed E-state index contributed by atoms with van der Waals surface area (Å²) in [7, 11) is 0. The molecule has 1 aromatic rings. The van der Waals surface area contributed by atoms with Gasteiger partial charge in [0.25, 0.3) is 0 Å². The Hall–Kier alpha value is -0.820. The molecule has 1 aromatic carbocycles. The molecule has 1 saturated carbocycles. The summed E-state index contributed by atoms with van der Waals surface area (Å²) < 4.78 is 0. The Labute approximate surface area is 112 Å². The van der Waals surface area contributed by atoms with Crippen molar-refractivity contribution in [3.63, 3.8) is 0 Å². The summed E-state index contributed by atoms with van der Waals surface area (Å²) in [6.07, 6.45) is 3.41. The minimum absolute atomic E-state index is 0.170. The standard InChI is InChI=1S/C17H27N/c1-13-8-6-7-9-14(13)17(18)11-15(2,3)10-16(4,5)12-17/h6-9H,10-12,18H2,1-5H3. The first-order valence-corrected chi connectivity index (χ1v) is 6.99. The first-order valence-electron chi connectivity index (χ1n) is 6.99. The number of hydrogen-bond acceptors (Lipinski definition) is 1. The highest BCUT2D eigenvalue weighted by Gasteiger charge is 2.46. The molecule has 1 heteroatoms. The molecule has 0 bridgehead atoms. The molecule has 1 aliphatic carbocycles. The van der Waals surface area contributed by atoms with Gasteiger partial charge < -0.3 is 5.73 Å². The van der Waals surface area contributed by atoms with Crippen molar-refractivity contribution in [2.45, 2.75) is 59.4 Å². The summed E-state index contributed by atoms with van der Waals surface area (Å²) in [6.45, 7) is 11.6. The summed E-state index contributed by atoms with van der Waals surface area (Å²) in [5.74, 6) is 0. The average Bonchev–Trinajstić information content (AvgIpc) is 2.11. The van der Waals surface area contributed by atoms with Crippen molar-refractivity contribution in [3.05, 3.63) is 35.4 Å².